The Bertz CT molecular complexity index is 1030. The lowest BCUT2D eigenvalue weighted by Gasteiger charge is -2.14. The number of carbonyl (C=O) groups is 2. The predicted octanol–water partition coefficient (Wildman–Crippen LogP) is 3.20. The van der Waals surface area contributed by atoms with E-state index in [1.54, 1.807) is 30.6 Å². The molecule has 1 heterocycles. The van der Waals surface area contributed by atoms with Gasteiger partial charge in [-0.3, -0.25) is 25.4 Å². The summed E-state index contributed by atoms with van der Waals surface area (Å²) < 4.78 is 24.3. The van der Waals surface area contributed by atoms with Gasteiger partial charge in [0.2, 0.25) is 5.91 Å². The number of ether oxygens (including phenoxy) is 2. The number of hydrogen-bond acceptors (Lipinski definition) is 5. The number of amides is 2. The van der Waals surface area contributed by atoms with Gasteiger partial charge in [0.05, 0.1) is 13.0 Å². The maximum absolute atomic E-state index is 12.9. The first-order valence-electron chi connectivity index (χ1n) is 9.67. The zero-order chi connectivity index (χ0) is 22.1. The second-order valence-electron chi connectivity index (χ2n) is 6.54. The van der Waals surface area contributed by atoms with E-state index in [4.69, 9.17) is 9.47 Å². The molecule has 0 spiro atoms. The van der Waals surface area contributed by atoms with Crippen molar-refractivity contribution in [3.05, 3.63) is 89.5 Å². The van der Waals surface area contributed by atoms with E-state index < -0.39 is 11.8 Å². The van der Waals surface area contributed by atoms with Crippen LogP contribution in [0.3, 0.4) is 0 Å². The third-order valence-electron chi connectivity index (χ3n) is 4.24. The van der Waals surface area contributed by atoms with Gasteiger partial charge in [-0.1, -0.05) is 12.1 Å². The zero-order valence-electron chi connectivity index (χ0n) is 16.9. The lowest BCUT2D eigenvalue weighted by atomic mass is 10.1. The summed E-state index contributed by atoms with van der Waals surface area (Å²) in [6.07, 6.45) is 3.37. The lowest BCUT2D eigenvalue weighted by Crippen LogP contribution is -2.42. The molecular formula is C23H22FN3O4. The third kappa shape index (κ3) is 6.53. The number of halogens is 1. The quantitative estimate of drug-likeness (QED) is 0.543. The fourth-order valence-electron chi connectivity index (χ4n) is 2.71. The molecule has 0 fully saturated rings. The molecule has 2 amide bonds. The fraction of sp³-hybridized carbons (Fsp3) is 0.174. The van der Waals surface area contributed by atoms with Crippen LogP contribution in [0.25, 0.3) is 0 Å². The van der Waals surface area contributed by atoms with Crippen molar-refractivity contribution in [2.24, 2.45) is 0 Å². The van der Waals surface area contributed by atoms with Crippen LogP contribution in [0, 0.1) is 5.82 Å². The van der Waals surface area contributed by atoms with E-state index in [9.17, 15) is 14.0 Å². The second kappa shape index (κ2) is 10.7. The molecule has 8 heteroatoms. The maximum atomic E-state index is 12.9. The van der Waals surface area contributed by atoms with E-state index in [1.165, 1.54) is 24.3 Å². The van der Waals surface area contributed by atoms with Gasteiger partial charge in [0.15, 0.2) is 11.5 Å². The molecule has 1 aromatic heterocycles. The Labute approximate surface area is 179 Å². The van der Waals surface area contributed by atoms with E-state index in [-0.39, 0.29) is 12.2 Å². The molecule has 0 radical (unpaired) electrons. The maximum Gasteiger partial charge on any atom is 0.269 e. The van der Waals surface area contributed by atoms with Crippen LogP contribution in [0.5, 0.6) is 11.5 Å². The first-order valence-corrected chi connectivity index (χ1v) is 9.67. The minimum absolute atomic E-state index is 0.00649. The van der Waals surface area contributed by atoms with E-state index in [0.29, 0.717) is 35.8 Å². The minimum Gasteiger partial charge on any atom is -0.490 e. The molecule has 0 aliphatic rings. The molecule has 3 rings (SSSR count). The molecule has 0 atom stereocenters. The second-order valence-corrected chi connectivity index (χ2v) is 6.54. The van der Waals surface area contributed by atoms with Gasteiger partial charge >= 0.3 is 0 Å². The average Bonchev–Trinajstić information content (AvgIpc) is 2.79. The molecule has 0 bridgehead atoms. The van der Waals surface area contributed by atoms with Crippen LogP contribution >= 0.6 is 0 Å². The van der Waals surface area contributed by atoms with Crippen molar-refractivity contribution in [3.63, 3.8) is 0 Å². The number of aromatic nitrogens is 1. The molecule has 0 unspecified atom stereocenters. The van der Waals surface area contributed by atoms with Gasteiger partial charge in [-0.25, -0.2) is 4.39 Å². The summed E-state index contributed by atoms with van der Waals surface area (Å²) in [5.74, 6) is -0.399. The number of nitrogens with zero attached hydrogens (tertiary/aromatic N) is 1. The standard InChI is InChI=1S/C23H22FN3O4/c1-2-30-21-14-18(5-8-20(21)31-15-17-9-11-25-12-10-17)23(29)27-26-22(28)13-16-3-6-19(24)7-4-16/h3-12,14H,2,13,15H2,1H3,(H,26,28)(H,27,29). The van der Waals surface area contributed by atoms with Crippen LogP contribution in [0.2, 0.25) is 0 Å². The van der Waals surface area contributed by atoms with Gasteiger partial charge in [0.1, 0.15) is 12.4 Å². The summed E-state index contributed by atoms with van der Waals surface area (Å²) in [5, 5.41) is 0. The number of hydrogen-bond donors (Lipinski definition) is 2. The summed E-state index contributed by atoms with van der Waals surface area (Å²) in [6, 6.07) is 14.0. The van der Waals surface area contributed by atoms with E-state index in [2.05, 4.69) is 15.8 Å². The number of benzene rings is 2. The molecule has 0 aliphatic carbocycles. The summed E-state index contributed by atoms with van der Waals surface area (Å²) in [4.78, 5) is 28.4. The van der Waals surface area contributed by atoms with Gasteiger partial charge in [-0.2, -0.15) is 0 Å². The number of nitrogens with one attached hydrogen (secondary N) is 2. The van der Waals surface area contributed by atoms with Gasteiger partial charge in [-0.05, 0) is 60.5 Å². The van der Waals surface area contributed by atoms with Gasteiger partial charge in [0.25, 0.3) is 5.91 Å². The molecule has 7 nitrogen and oxygen atoms in total. The van der Waals surface area contributed by atoms with Gasteiger partial charge in [-0.15, -0.1) is 0 Å². The Morgan fingerprint density at radius 1 is 0.903 bits per heavy atom. The largest absolute Gasteiger partial charge is 0.490 e. The Hall–Kier alpha value is -3.94. The monoisotopic (exact) mass is 423 g/mol. The van der Waals surface area contributed by atoms with Crippen LogP contribution in [0.15, 0.2) is 67.0 Å². The van der Waals surface area contributed by atoms with Crippen molar-refractivity contribution >= 4 is 11.8 Å². The lowest BCUT2D eigenvalue weighted by molar-refractivity contribution is -0.121. The molecule has 0 aliphatic heterocycles. The van der Waals surface area contributed by atoms with Gasteiger partial charge in [0, 0.05) is 18.0 Å². The Balaban J connectivity index is 1.59. The number of hydrazine groups is 1. The van der Waals surface area contributed by atoms with Crippen LogP contribution < -0.4 is 20.3 Å². The molecule has 3 aromatic rings. The first-order chi connectivity index (χ1) is 15.0. The normalized spacial score (nSPS) is 10.3. The number of pyridine rings is 1. The van der Waals surface area contributed by atoms with Crippen LogP contribution in [0.1, 0.15) is 28.4 Å². The highest BCUT2D eigenvalue weighted by Crippen LogP contribution is 2.29. The molecular weight excluding hydrogens is 401 g/mol. The third-order valence-corrected chi connectivity index (χ3v) is 4.24. The average molecular weight is 423 g/mol. The van der Waals surface area contributed by atoms with Crippen molar-refractivity contribution in [2.75, 3.05) is 6.61 Å². The molecule has 31 heavy (non-hydrogen) atoms. The Morgan fingerprint density at radius 2 is 1.65 bits per heavy atom. The molecule has 2 aromatic carbocycles. The topological polar surface area (TPSA) is 89.6 Å². The summed E-state index contributed by atoms with van der Waals surface area (Å²) in [5.41, 5.74) is 6.58. The highest BCUT2D eigenvalue weighted by atomic mass is 19.1. The van der Waals surface area contributed by atoms with Crippen LogP contribution in [-0.4, -0.2) is 23.4 Å². The van der Waals surface area contributed by atoms with Crippen LogP contribution in [-0.2, 0) is 17.8 Å². The SMILES string of the molecule is CCOc1cc(C(=O)NNC(=O)Cc2ccc(F)cc2)ccc1OCc1ccncc1. The predicted molar refractivity (Wildman–Crippen MR) is 112 cm³/mol. The van der Waals surface area contributed by atoms with Crippen molar-refractivity contribution < 1.29 is 23.5 Å². The number of rotatable bonds is 8. The smallest absolute Gasteiger partial charge is 0.269 e. The van der Waals surface area contributed by atoms with Crippen molar-refractivity contribution in [1.82, 2.24) is 15.8 Å². The molecule has 0 saturated heterocycles. The minimum atomic E-state index is -0.505. The van der Waals surface area contributed by atoms with Crippen molar-refractivity contribution in [2.45, 2.75) is 20.0 Å². The highest BCUT2D eigenvalue weighted by molar-refractivity contribution is 5.96. The van der Waals surface area contributed by atoms with E-state index >= 15 is 0 Å². The molecule has 0 saturated carbocycles. The molecule has 2 N–H and O–H groups in total. The van der Waals surface area contributed by atoms with Crippen molar-refractivity contribution in [1.29, 1.82) is 0 Å². The first kappa shape index (κ1) is 21.8. The van der Waals surface area contributed by atoms with Gasteiger partial charge < -0.3 is 9.47 Å². The zero-order valence-corrected chi connectivity index (χ0v) is 16.9. The summed E-state index contributed by atoms with van der Waals surface area (Å²) in [7, 11) is 0. The van der Waals surface area contributed by atoms with E-state index in [1.807, 2.05) is 19.1 Å². The Morgan fingerprint density at radius 3 is 2.35 bits per heavy atom. The van der Waals surface area contributed by atoms with Crippen molar-refractivity contribution in [3.8, 4) is 11.5 Å². The Kier molecular flexibility index (Phi) is 7.53. The summed E-state index contributed by atoms with van der Waals surface area (Å²) >= 11 is 0. The fourth-order valence-corrected chi connectivity index (χ4v) is 2.71. The molecule has 160 valence electrons. The summed E-state index contributed by atoms with van der Waals surface area (Å²) in [6.45, 7) is 2.55. The van der Waals surface area contributed by atoms with E-state index in [0.717, 1.165) is 5.56 Å². The highest BCUT2D eigenvalue weighted by Gasteiger charge is 2.13. The number of carbonyl (C=O) groups excluding carboxylic acids is 2. The van der Waals surface area contributed by atoms with Crippen LogP contribution in [0.4, 0.5) is 4.39 Å².